The molecule has 0 radical (unpaired) electrons. The summed E-state index contributed by atoms with van der Waals surface area (Å²) in [6.07, 6.45) is 3.10. The molecule has 0 N–H and O–H groups in total. The van der Waals surface area contributed by atoms with E-state index in [1.165, 1.54) is 12.8 Å². The summed E-state index contributed by atoms with van der Waals surface area (Å²) >= 11 is 0. The highest BCUT2D eigenvalue weighted by atomic mass is 16.2. The van der Waals surface area contributed by atoms with Gasteiger partial charge in [0.25, 0.3) is 0 Å². The Morgan fingerprint density at radius 1 is 1.50 bits per heavy atom. The van der Waals surface area contributed by atoms with Crippen LogP contribution in [0.2, 0.25) is 0 Å². The van der Waals surface area contributed by atoms with Crippen LogP contribution in [0.3, 0.4) is 0 Å². The molecule has 0 aromatic carbocycles. The summed E-state index contributed by atoms with van der Waals surface area (Å²) in [6, 6.07) is 0.595. The second-order valence-corrected chi connectivity index (χ2v) is 2.76. The molecule has 0 spiro atoms. The van der Waals surface area contributed by atoms with Crippen molar-refractivity contribution in [1.82, 2.24) is 4.90 Å². The number of hydrogen-bond donors (Lipinski definition) is 0. The van der Waals surface area contributed by atoms with Crippen molar-refractivity contribution in [2.24, 2.45) is 0 Å². The van der Waals surface area contributed by atoms with Crippen LogP contribution in [0.5, 0.6) is 0 Å². The van der Waals surface area contributed by atoms with Crippen molar-refractivity contribution in [3.05, 3.63) is 0 Å². The highest BCUT2D eigenvalue weighted by Crippen LogP contribution is 2.26. The molecule has 1 amide bonds. The number of carbonyl (C=O) groups excluding carboxylic acids is 1. The maximum Gasteiger partial charge on any atom is 0.222 e. The van der Waals surface area contributed by atoms with Crippen LogP contribution in [-0.4, -0.2) is 23.4 Å². The summed E-state index contributed by atoms with van der Waals surface area (Å²) in [5.74, 6) is 0.310. The van der Waals surface area contributed by atoms with E-state index in [4.69, 9.17) is 0 Å². The predicted molar refractivity (Wildman–Crippen MR) is 40.7 cm³/mol. The first-order valence-corrected chi connectivity index (χ1v) is 4.09. The van der Waals surface area contributed by atoms with Crippen LogP contribution in [0.1, 0.15) is 33.1 Å². The number of hydrogen-bond acceptors (Lipinski definition) is 1. The van der Waals surface area contributed by atoms with Gasteiger partial charge in [0.15, 0.2) is 0 Å². The van der Waals surface area contributed by atoms with Gasteiger partial charge in [0, 0.05) is 19.0 Å². The SMILES string of the molecule is CCC(=O)N(CC)C1CC1. The molecule has 0 bridgehead atoms. The minimum Gasteiger partial charge on any atom is -0.340 e. The summed E-state index contributed by atoms with van der Waals surface area (Å²) in [5, 5.41) is 0. The molecule has 0 aromatic heterocycles. The van der Waals surface area contributed by atoms with Gasteiger partial charge in [-0.2, -0.15) is 0 Å². The molecule has 1 fully saturated rings. The maximum atomic E-state index is 11.2. The maximum absolute atomic E-state index is 11.2. The Morgan fingerprint density at radius 3 is 2.40 bits per heavy atom. The average Bonchev–Trinajstić information content (AvgIpc) is 2.73. The molecular weight excluding hydrogens is 126 g/mol. The first kappa shape index (κ1) is 7.58. The van der Waals surface area contributed by atoms with Gasteiger partial charge in [-0.1, -0.05) is 6.92 Å². The van der Waals surface area contributed by atoms with Crippen LogP contribution in [0, 0.1) is 0 Å². The smallest absolute Gasteiger partial charge is 0.222 e. The van der Waals surface area contributed by atoms with Crippen molar-refractivity contribution >= 4 is 5.91 Å². The quantitative estimate of drug-likeness (QED) is 0.582. The molecule has 2 nitrogen and oxygen atoms in total. The minimum atomic E-state index is 0.310. The number of amides is 1. The molecule has 10 heavy (non-hydrogen) atoms. The minimum absolute atomic E-state index is 0.310. The summed E-state index contributed by atoms with van der Waals surface area (Å²) in [4.78, 5) is 13.1. The number of rotatable bonds is 3. The molecule has 0 aliphatic heterocycles. The van der Waals surface area contributed by atoms with E-state index in [-0.39, 0.29) is 0 Å². The molecule has 0 heterocycles. The zero-order valence-electron chi connectivity index (χ0n) is 6.76. The molecule has 0 saturated heterocycles. The molecule has 0 atom stereocenters. The van der Waals surface area contributed by atoms with Gasteiger partial charge in [-0.15, -0.1) is 0 Å². The second-order valence-electron chi connectivity index (χ2n) is 2.76. The lowest BCUT2D eigenvalue weighted by atomic mass is 10.4. The highest BCUT2D eigenvalue weighted by molar-refractivity contribution is 5.76. The lowest BCUT2D eigenvalue weighted by Crippen LogP contribution is -2.31. The summed E-state index contributed by atoms with van der Waals surface area (Å²) in [5.41, 5.74) is 0. The van der Waals surface area contributed by atoms with E-state index >= 15 is 0 Å². The van der Waals surface area contributed by atoms with E-state index in [1.807, 2.05) is 18.7 Å². The fourth-order valence-electron chi connectivity index (χ4n) is 1.23. The molecule has 1 rings (SSSR count). The van der Waals surface area contributed by atoms with Gasteiger partial charge in [-0.3, -0.25) is 4.79 Å². The zero-order valence-corrected chi connectivity index (χ0v) is 6.76. The Bertz CT molecular complexity index is 129. The van der Waals surface area contributed by atoms with Crippen molar-refractivity contribution in [2.75, 3.05) is 6.54 Å². The summed E-state index contributed by atoms with van der Waals surface area (Å²) < 4.78 is 0. The van der Waals surface area contributed by atoms with E-state index in [1.54, 1.807) is 0 Å². The standard InChI is InChI=1S/C8H15NO/c1-3-8(10)9(4-2)7-5-6-7/h7H,3-6H2,1-2H3. The number of carbonyl (C=O) groups is 1. The van der Waals surface area contributed by atoms with E-state index in [9.17, 15) is 4.79 Å². The largest absolute Gasteiger partial charge is 0.340 e. The Labute approximate surface area is 62.2 Å². The van der Waals surface area contributed by atoms with Crippen LogP contribution in [0.15, 0.2) is 0 Å². The normalized spacial score (nSPS) is 17.0. The molecular formula is C8H15NO. The predicted octanol–water partition coefficient (Wildman–Crippen LogP) is 1.41. The molecule has 1 aliphatic carbocycles. The summed E-state index contributed by atoms with van der Waals surface area (Å²) in [6.45, 7) is 4.86. The molecule has 0 unspecified atom stereocenters. The fraction of sp³-hybridized carbons (Fsp3) is 0.875. The van der Waals surface area contributed by atoms with Gasteiger partial charge in [0.1, 0.15) is 0 Å². The summed E-state index contributed by atoms with van der Waals surface area (Å²) in [7, 11) is 0. The first-order valence-electron chi connectivity index (χ1n) is 4.09. The Hall–Kier alpha value is -0.530. The monoisotopic (exact) mass is 141 g/mol. The lowest BCUT2D eigenvalue weighted by molar-refractivity contribution is -0.131. The van der Waals surface area contributed by atoms with Gasteiger partial charge < -0.3 is 4.90 Å². The van der Waals surface area contributed by atoms with Crippen molar-refractivity contribution < 1.29 is 4.79 Å². The zero-order chi connectivity index (χ0) is 7.56. The average molecular weight is 141 g/mol. The fourth-order valence-corrected chi connectivity index (χ4v) is 1.23. The number of nitrogens with zero attached hydrogens (tertiary/aromatic N) is 1. The van der Waals surface area contributed by atoms with Crippen LogP contribution >= 0.6 is 0 Å². The van der Waals surface area contributed by atoms with Crippen LogP contribution in [-0.2, 0) is 4.79 Å². The van der Waals surface area contributed by atoms with Gasteiger partial charge in [-0.05, 0) is 19.8 Å². The third kappa shape index (κ3) is 1.49. The molecule has 58 valence electrons. The Kier molecular flexibility index (Phi) is 2.30. The third-order valence-corrected chi connectivity index (χ3v) is 1.95. The topological polar surface area (TPSA) is 20.3 Å². The molecule has 1 saturated carbocycles. The van der Waals surface area contributed by atoms with E-state index in [2.05, 4.69) is 0 Å². The first-order chi connectivity index (χ1) is 4.79. The lowest BCUT2D eigenvalue weighted by Gasteiger charge is -2.18. The van der Waals surface area contributed by atoms with Crippen molar-refractivity contribution in [3.63, 3.8) is 0 Å². The van der Waals surface area contributed by atoms with E-state index in [0.29, 0.717) is 18.4 Å². The Morgan fingerprint density at radius 2 is 2.10 bits per heavy atom. The molecule has 1 aliphatic rings. The molecule has 0 aromatic rings. The third-order valence-electron chi connectivity index (χ3n) is 1.95. The van der Waals surface area contributed by atoms with Gasteiger partial charge >= 0.3 is 0 Å². The van der Waals surface area contributed by atoms with Gasteiger partial charge in [0.2, 0.25) is 5.91 Å². The van der Waals surface area contributed by atoms with E-state index in [0.717, 1.165) is 6.54 Å². The van der Waals surface area contributed by atoms with E-state index < -0.39 is 0 Å². The van der Waals surface area contributed by atoms with Crippen molar-refractivity contribution in [2.45, 2.75) is 39.2 Å². The second kappa shape index (κ2) is 3.04. The highest BCUT2D eigenvalue weighted by Gasteiger charge is 2.30. The van der Waals surface area contributed by atoms with Gasteiger partial charge in [0.05, 0.1) is 0 Å². The van der Waals surface area contributed by atoms with Crippen LogP contribution < -0.4 is 0 Å². The van der Waals surface area contributed by atoms with Crippen molar-refractivity contribution in [1.29, 1.82) is 0 Å². The Balaban J connectivity index is 2.38. The van der Waals surface area contributed by atoms with Crippen LogP contribution in [0.4, 0.5) is 0 Å². The van der Waals surface area contributed by atoms with Crippen LogP contribution in [0.25, 0.3) is 0 Å². The molecule has 2 heteroatoms. The van der Waals surface area contributed by atoms with Crippen molar-refractivity contribution in [3.8, 4) is 0 Å². The van der Waals surface area contributed by atoms with Gasteiger partial charge in [-0.25, -0.2) is 0 Å².